The predicted molar refractivity (Wildman–Crippen MR) is 113 cm³/mol. The van der Waals surface area contributed by atoms with Crippen LogP contribution < -0.4 is 20.3 Å². The number of carbonyl (C=O) groups is 3. The lowest BCUT2D eigenvalue weighted by Gasteiger charge is -2.26. The molecule has 7 nitrogen and oxygen atoms in total. The number of thiophene rings is 1. The van der Waals surface area contributed by atoms with Crippen LogP contribution in [0.1, 0.15) is 39.3 Å². The second-order valence-corrected chi connectivity index (χ2v) is 7.93. The molecule has 2 N–H and O–H groups in total. The lowest BCUT2D eigenvalue weighted by atomic mass is 10.1. The van der Waals surface area contributed by atoms with Crippen LogP contribution in [-0.4, -0.2) is 44.5 Å². The van der Waals surface area contributed by atoms with E-state index in [1.54, 1.807) is 35.2 Å². The molecule has 1 aromatic carbocycles. The minimum atomic E-state index is -0.312. The molecule has 154 valence electrons. The van der Waals surface area contributed by atoms with Crippen molar-refractivity contribution in [3.63, 3.8) is 0 Å². The van der Waals surface area contributed by atoms with Gasteiger partial charge in [0.15, 0.2) is 5.06 Å². The minimum Gasteiger partial charge on any atom is -0.487 e. The Morgan fingerprint density at radius 1 is 1.14 bits per heavy atom. The van der Waals surface area contributed by atoms with E-state index in [9.17, 15) is 14.4 Å². The van der Waals surface area contributed by atoms with Gasteiger partial charge in [0.2, 0.25) is 5.91 Å². The zero-order valence-corrected chi connectivity index (χ0v) is 17.6. The maximum atomic E-state index is 12.3. The van der Waals surface area contributed by atoms with Gasteiger partial charge in [0, 0.05) is 43.4 Å². The number of hydrogen-bond donors (Lipinski definition) is 2. The second-order valence-electron chi connectivity index (χ2n) is 6.51. The van der Waals surface area contributed by atoms with Crippen molar-refractivity contribution in [2.24, 2.45) is 0 Å². The second kappa shape index (κ2) is 9.76. The number of anilines is 1. The van der Waals surface area contributed by atoms with Crippen LogP contribution in [0.3, 0.4) is 0 Å². The molecule has 0 saturated carbocycles. The van der Waals surface area contributed by atoms with Crippen LogP contribution >= 0.6 is 22.9 Å². The Morgan fingerprint density at radius 3 is 2.45 bits per heavy atom. The smallest absolute Gasteiger partial charge is 0.263 e. The fraction of sp³-hybridized carbons (Fsp3) is 0.350. The number of methoxy groups -OCH3 is 1. The number of rotatable bonds is 7. The van der Waals surface area contributed by atoms with Gasteiger partial charge in [0.25, 0.3) is 11.8 Å². The van der Waals surface area contributed by atoms with Gasteiger partial charge in [0.1, 0.15) is 4.88 Å². The summed E-state index contributed by atoms with van der Waals surface area (Å²) in [6.45, 7) is 1.25. The molecule has 2 heterocycles. The summed E-state index contributed by atoms with van der Waals surface area (Å²) in [4.78, 5) is 38.5. The first-order valence-electron chi connectivity index (χ1n) is 9.29. The van der Waals surface area contributed by atoms with E-state index < -0.39 is 0 Å². The molecule has 1 fully saturated rings. The number of ether oxygens (including phenoxy) is 1. The molecule has 9 heteroatoms. The zero-order valence-electron chi connectivity index (χ0n) is 16.0. The van der Waals surface area contributed by atoms with Crippen LogP contribution in [0.25, 0.3) is 0 Å². The lowest BCUT2D eigenvalue weighted by molar-refractivity contribution is -0.119. The molecule has 1 saturated heterocycles. The normalized spacial score (nSPS) is 13.9. The van der Waals surface area contributed by atoms with Gasteiger partial charge < -0.3 is 20.3 Å². The lowest BCUT2D eigenvalue weighted by Crippen LogP contribution is -2.35. The number of amides is 3. The predicted octanol–water partition coefficient (Wildman–Crippen LogP) is 3.09. The fourth-order valence-electron chi connectivity index (χ4n) is 3.01. The van der Waals surface area contributed by atoms with Crippen molar-refractivity contribution < 1.29 is 19.1 Å². The van der Waals surface area contributed by atoms with E-state index in [1.807, 2.05) is 0 Å². The first-order chi connectivity index (χ1) is 14.0. The first-order valence-corrected chi connectivity index (χ1v) is 10.5. The zero-order chi connectivity index (χ0) is 20.8. The van der Waals surface area contributed by atoms with Crippen molar-refractivity contribution in [3.05, 3.63) is 45.8 Å². The van der Waals surface area contributed by atoms with Gasteiger partial charge >= 0.3 is 0 Å². The van der Waals surface area contributed by atoms with Crippen molar-refractivity contribution >= 4 is 46.3 Å². The SMILES string of the molecule is COc1cc(Cl)c(C(=O)NCCNC(=O)c2ccc(N3CCCCC3=O)cc2)s1. The standard InChI is InChI=1S/C20H22ClN3O4S/c1-28-17-12-15(21)18(29-17)20(27)23-10-9-22-19(26)13-5-7-14(8-6-13)24-11-3-2-4-16(24)25/h5-8,12H,2-4,9-11H2,1H3,(H,22,26)(H,23,27). The summed E-state index contributed by atoms with van der Waals surface area (Å²) in [5.74, 6) is -0.438. The quantitative estimate of drug-likeness (QED) is 0.654. The average molecular weight is 436 g/mol. The van der Waals surface area contributed by atoms with E-state index in [2.05, 4.69) is 10.6 Å². The molecule has 29 heavy (non-hydrogen) atoms. The largest absolute Gasteiger partial charge is 0.487 e. The van der Waals surface area contributed by atoms with Crippen molar-refractivity contribution in [3.8, 4) is 5.06 Å². The number of nitrogens with one attached hydrogen (secondary N) is 2. The van der Waals surface area contributed by atoms with Crippen LogP contribution in [0.2, 0.25) is 5.02 Å². The molecule has 1 aromatic heterocycles. The molecular weight excluding hydrogens is 414 g/mol. The van der Waals surface area contributed by atoms with E-state index in [1.165, 1.54) is 7.11 Å². The highest BCUT2D eigenvalue weighted by molar-refractivity contribution is 7.16. The first kappa shape index (κ1) is 21.1. The molecule has 1 aliphatic heterocycles. The van der Waals surface area contributed by atoms with E-state index in [-0.39, 0.29) is 30.8 Å². The highest BCUT2D eigenvalue weighted by Gasteiger charge is 2.20. The third-order valence-corrected chi connectivity index (χ3v) is 6.04. The third-order valence-electron chi connectivity index (χ3n) is 4.53. The summed E-state index contributed by atoms with van der Waals surface area (Å²) in [5.41, 5.74) is 1.30. The highest BCUT2D eigenvalue weighted by atomic mass is 35.5. The number of nitrogens with zero attached hydrogens (tertiary/aromatic N) is 1. The average Bonchev–Trinajstić information content (AvgIpc) is 3.12. The number of benzene rings is 1. The molecule has 0 atom stereocenters. The summed E-state index contributed by atoms with van der Waals surface area (Å²) < 4.78 is 5.06. The van der Waals surface area contributed by atoms with Crippen molar-refractivity contribution in [1.29, 1.82) is 0 Å². The summed E-state index contributed by atoms with van der Waals surface area (Å²) in [6, 6.07) is 8.55. The molecule has 2 aromatic rings. The Bertz CT molecular complexity index is 898. The van der Waals surface area contributed by atoms with Gasteiger partial charge in [0.05, 0.1) is 12.1 Å². The number of piperidine rings is 1. The Labute approximate surface area is 178 Å². The molecule has 0 aliphatic carbocycles. The summed E-state index contributed by atoms with van der Waals surface area (Å²) >= 11 is 7.18. The van der Waals surface area contributed by atoms with Gasteiger partial charge in [-0.15, -0.1) is 0 Å². The van der Waals surface area contributed by atoms with Crippen LogP contribution in [0.5, 0.6) is 5.06 Å². The van der Waals surface area contributed by atoms with Crippen LogP contribution in [0, 0.1) is 0 Å². The molecule has 3 amide bonds. The Morgan fingerprint density at radius 2 is 1.83 bits per heavy atom. The van der Waals surface area contributed by atoms with Gasteiger partial charge in [-0.25, -0.2) is 0 Å². The topological polar surface area (TPSA) is 87.7 Å². The molecular formula is C20H22ClN3O4S. The van der Waals surface area contributed by atoms with E-state index in [4.69, 9.17) is 16.3 Å². The van der Waals surface area contributed by atoms with Crippen LogP contribution in [-0.2, 0) is 4.79 Å². The molecule has 0 bridgehead atoms. The molecule has 0 unspecified atom stereocenters. The van der Waals surface area contributed by atoms with Crippen molar-refractivity contribution in [2.45, 2.75) is 19.3 Å². The summed E-state index contributed by atoms with van der Waals surface area (Å²) in [5, 5.41) is 6.36. The Kier molecular flexibility index (Phi) is 7.11. The molecule has 3 rings (SSSR count). The van der Waals surface area contributed by atoms with E-state index >= 15 is 0 Å². The number of carbonyl (C=O) groups excluding carboxylic acids is 3. The minimum absolute atomic E-state index is 0.118. The summed E-state index contributed by atoms with van der Waals surface area (Å²) in [6.07, 6.45) is 2.49. The maximum Gasteiger partial charge on any atom is 0.263 e. The van der Waals surface area contributed by atoms with Gasteiger partial charge in [-0.3, -0.25) is 14.4 Å². The molecule has 0 radical (unpaired) electrons. The van der Waals surface area contributed by atoms with Gasteiger partial charge in [-0.05, 0) is 37.1 Å². The van der Waals surface area contributed by atoms with Gasteiger partial charge in [-0.1, -0.05) is 22.9 Å². The van der Waals surface area contributed by atoms with Crippen LogP contribution in [0.15, 0.2) is 30.3 Å². The van der Waals surface area contributed by atoms with Gasteiger partial charge in [-0.2, -0.15) is 0 Å². The highest BCUT2D eigenvalue weighted by Crippen LogP contribution is 2.32. The Hall–Kier alpha value is -2.58. The number of halogens is 1. The monoisotopic (exact) mass is 435 g/mol. The number of hydrogen-bond acceptors (Lipinski definition) is 5. The molecule has 1 aliphatic rings. The molecule has 0 spiro atoms. The van der Waals surface area contributed by atoms with Crippen LogP contribution in [0.4, 0.5) is 5.69 Å². The maximum absolute atomic E-state index is 12.3. The van der Waals surface area contributed by atoms with Crippen molar-refractivity contribution in [1.82, 2.24) is 10.6 Å². The van der Waals surface area contributed by atoms with E-state index in [0.29, 0.717) is 33.5 Å². The van der Waals surface area contributed by atoms with Crippen molar-refractivity contribution in [2.75, 3.05) is 31.6 Å². The summed E-state index contributed by atoms with van der Waals surface area (Å²) in [7, 11) is 1.51. The fourth-order valence-corrected chi connectivity index (χ4v) is 4.16. The third kappa shape index (κ3) is 5.27. The van der Waals surface area contributed by atoms with E-state index in [0.717, 1.165) is 29.9 Å². The Balaban J connectivity index is 1.46.